The molecule has 0 atom stereocenters. The number of aromatic nitrogens is 2. The summed E-state index contributed by atoms with van der Waals surface area (Å²) in [6.45, 7) is 18.2. The van der Waals surface area contributed by atoms with Crippen molar-refractivity contribution in [1.29, 1.82) is 0 Å². The molecule has 2 heterocycles. The van der Waals surface area contributed by atoms with Crippen LogP contribution in [0.4, 0.5) is 0 Å². The van der Waals surface area contributed by atoms with Gasteiger partial charge in [0.1, 0.15) is 7.05 Å². The molecule has 0 saturated carbocycles. The lowest BCUT2D eigenvalue weighted by Crippen LogP contribution is -2.31. The number of pyridine rings is 2. The normalized spacial score (nSPS) is 12.7. The highest BCUT2D eigenvalue weighted by Crippen LogP contribution is 2.40. The van der Waals surface area contributed by atoms with E-state index < -0.39 is 0 Å². The lowest BCUT2D eigenvalue weighted by atomic mass is 9.80. The van der Waals surface area contributed by atoms with Crippen molar-refractivity contribution in [1.82, 2.24) is 4.98 Å². The standard InChI is InChI=1S/C34H39N2/c1-21-18-29-24-16-17-36(9)32(27(24)15-14-26(29)31(35-21)20-33(3,4)5)28-19-30(34(6,7)8)25-13-11-10-12-23(25)22(28)2/h10-19H,20H2,1-9H3/q+1. The zero-order chi connectivity index (χ0) is 26.0. The maximum absolute atomic E-state index is 4.97. The molecule has 2 nitrogen and oxygen atoms in total. The number of benzene rings is 3. The third-order valence-electron chi connectivity index (χ3n) is 7.41. The van der Waals surface area contributed by atoms with E-state index >= 15 is 0 Å². The minimum Gasteiger partial charge on any atom is -0.257 e. The fourth-order valence-corrected chi connectivity index (χ4v) is 5.75. The summed E-state index contributed by atoms with van der Waals surface area (Å²) in [6.07, 6.45) is 3.19. The van der Waals surface area contributed by atoms with E-state index in [1.165, 1.54) is 60.4 Å². The van der Waals surface area contributed by atoms with Crippen molar-refractivity contribution in [3.63, 3.8) is 0 Å². The predicted molar refractivity (Wildman–Crippen MR) is 155 cm³/mol. The predicted octanol–water partition coefficient (Wildman–Crippen LogP) is 8.54. The van der Waals surface area contributed by atoms with Crippen LogP contribution in [0.15, 0.2) is 60.8 Å². The van der Waals surface area contributed by atoms with E-state index in [9.17, 15) is 0 Å². The van der Waals surface area contributed by atoms with Gasteiger partial charge < -0.3 is 0 Å². The molecular formula is C34H39N2+. The van der Waals surface area contributed by atoms with Crippen molar-refractivity contribution in [3.05, 3.63) is 83.3 Å². The van der Waals surface area contributed by atoms with E-state index in [1.807, 2.05) is 0 Å². The van der Waals surface area contributed by atoms with Crippen LogP contribution in [0, 0.1) is 19.3 Å². The van der Waals surface area contributed by atoms with Crippen molar-refractivity contribution < 1.29 is 4.57 Å². The Hall–Kier alpha value is -3.26. The molecule has 36 heavy (non-hydrogen) atoms. The van der Waals surface area contributed by atoms with Crippen LogP contribution >= 0.6 is 0 Å². The van der Waals surface area contributed by atoms with E-state index in [4.69, 9.17) is 4.98 Å². The molecule has 0 aliphatic rings. The van der Waals surface area contributed by atoms with Crippen LogP contribution in [0.1, 0.15) is 64.1 Å². The molecule has 2 heteroatoms. The van der Waals surface area contributed by atoms with Crippen LogP contribution in [0.25, 0.3) is 43.6 Å². The van der Waals surface area contributed by atoms with Gasteiger partial charge in [-0.25, -0.2) is 4.57 Å². The molecule has 2 aromatic heterocycles. The van der Waals surface area contributed by atoms with Gasteiger partial charge in [0.15, 0.2) is 6.20 Å². The molecule has 5 rings (SSSR count). The van der Waals surface area contributed by atoms with Gasteiger partial charge in [0.25, 0.3) is 0 Å². The summed E-state index contributed by atoms with van der Waals surface area (Å²) in [5.41, 5.74) is 7.82. The van der Waals surface area contributed by atoms with Gasteiger partial charge in [0, 0.05) is 28.2 Å². The number of aryl methyl sites for hydroxylation is 3. The van der Waals surface area contributed by atoms with E-state index in [-0.39, 0.29) is 10.8 Å². The Labute approximate surface area is 216 Å². The highest BCUT2D eigenvalue weighted by Gasteiger charge is 2.25. The van der Waals surface area contributed by atoms with E-state index in [1.54, 1.807) is 0 Å². The molecular weight excluding hydrogens is 436 g/mol. The lowest BCUT2D eigenvalue weighted by molar-refractivity contribution is -0.659. The molecule has 5 aromatic rings. The van der Waals surface area contributed by atoms with Crippen LogP contribution in [-0.4, -0.2) is 4.98 Å². The SMILES string of the molecule is Cc1cc2c(ccc3c(-c4cc(C(C)(C)C)c5ccccc5c4C)[n+](C)ccc32)c(CC(C)(C)C)n1. The molecule has 0 spiro atoms. The molecule has 0 radical (unpaired) electrons. The maximum atomic E-state index is 4.97. The second kappa shape index (κ2) is 8.40. The van der Waals surface area contributed by atoms with Crippen LogP contribution in [0.5, 0.6) is 0 Å². The fourth-order valence-electron chi connectivity index (χ4n) is 5.75. The van der Waals surface area contributed by atoms with Gasteiger partial charge in [-0.1, -0.05) is 71.9 Å². The first kappa shape index (κ1) is 24.4. The Bertz CT molecular complexity index is 1640. The number of rotatable bonds is 2. The number of hydrogen-bond acceptors (Lipinski definition) is 1. The maximum Gasteiger partial charge on any atom is 0.220 e. The molecule has 0 amide bonds. The van der Waals surface area contributed by atoms with Crippen LogP contribution in [0.3, 0.4) is 0 Å². The first-order valence-corrected chi connectivity index (χ1v) is 13.1. The monoisotopic (exact) mass is 475 g/mol. The molecule has 0 N–H and O–H groups in total. The van der Waals surface area contributed by atoms with Gasteiger partial charge in [-0.05, 0) is 76.6 Å². The Morgan fingerprint density at radius 1 is 0.722 bits per heavy atom. The molecule has 184 valence electrons. The second-order valence-electron chi connectivity index (χ2n) is 12.7. The Balaban J connectivity index is 1.88. The zero-order valence-corrected chi connectivity index (χ0v) is 23.4. The summed E-state index contributed by atoms with van der Waals surface area (Å²) in [5, 5.41) is 7.85. The Morgan fingerprint density at radius 2 is 1.39 bits per heavy atom. The number of fused-ring (bicyclic) bond motifs is 4. The van der Waals surface area contributed by atoms with E-state index in [2.05, 4.69) is 128 Å². The first-order valence-electron chi connectivity index (χ1n) is 13.1. The highest BCUT2D eigenvalue weighted by atomic mass is 14.9. The van der Waals surface area contributed by atoms with Gasteiger partial charge in [-0.15, -0.1) is 0 Å². The summed E-state index contributed by atoms with van der Waals surface area (Å²) in [4.78, 5) is 4.97. The smallest absolute Gasteiger partial charge is 0.220 e. The summed E-state index contributed by atoms with van der Waals surface area (Å²) in [7, 11) is 2.17. The summed E-state index contributed by atoms with van der Waals surface area (Å²) >= 11 is 0. The largest absolute Gasteiger partial charge is 0.257 e. The molecule has 0 aliphatic heterocycles. The molecule has 0 aliphatic carbocycles. The minimum atomic E-state index is 0.0442. The second-order valence-corrected chi connectivity index (χ2v) is 12.7. The van der Waals surface area contributed by atoms with Crippen molar-refractivity contribution in [3.8, 4) is 11.3 Å². The summed E-state index contributed by atoms with van der Waals surface area (Å²) in [6, 6.07) is 20.5. The van der Waals surface area contributed by atoms with Gasteiger partial charge in [0.05, 0.1) is 10.9 Å². The zero-order valence-electron chi connectivity index (χ0n) is 23.4. The highest BCUT2D eigenvalue weighted by molar-refractivity contribution is 6.12. The van der Waals surface area contributed by atoms with Crippen LogP contribution < -0.4 is 4.57 Å². The van der Waals surface area contributed by atoms with Crippen molar-refractivity contribution in [2.45, 2.75) is 67.2 Å². The van der Waals surface area contributed by atoms with Crippen molar-refractivity contribution in [2.75, 3.05) is 0 Å². The lowest BCUT2D eigenvalue weighted by Gasteiger charge is -2.24. The Kier molecular flexibility index (Phi) is 5.70. The van der Waals surface area contributed by atoms with E-state index in [0.29, 0.717) is 0 Å². The topological polar surface area (TPSA) is 16.8 Å². The minimum absolute atomic E-state index is 0.0442. The summed E-state index contributed by atoms with van der Waals surface area (Å²) in [5.74, 6) is 0. The van der Waals surface area contributed by atoms with Crippen molar-refractivity contribution in [2.24, 2.45) is 12.5 Å². The number of hydrogen-bond donors (Lipinski definition) is 0. The van der Waals surface area contributed by atoms with Gasteiger partial charge in [-0.3, -0.25) is 4.98 Å². The first-order chi connectivity index (χ1) is 16.8. The molecule has 3 aromatic carbocycles. The van der Waals surface area contributed by atoms with Gasteiger partial charge in [-0.2, -0.15) is 0 Å². The third-order valence-corrected chi connectivity index (χ3v) is 7.41. The average Bonchev–Trinajstić information content (AvgIpc) is 2.78. The Morgan fingerprint density at radius 3 is 2.06 bits per heavy atom. The fraction of sp³-hybridized carbons (Fsp3) is 0.353. The van der Waals surface area contributed by atoms with Crippen molar-refractivity contribution >= 4 is 32.3 Å². The van der Waals surface area contributed by atoms with Gasteiger partial charge >= 0.3 is 0 Å². The molecule has 0 unspecified atom stereocenters. The quantitative estimate of drug-likeness (QED) is 0.185. The van der Waals surface area contributed by atoms with E-state index in [0.717, 1.165) is 12.1 Å². The molecule has 0 fully saturated rings. The summed E-state index contributed by atoms with van der Waals surface area (Å²) < 4.78 is 2.29. The average molecular weight is 476 g/mol. The van der Waals surface area contributed by atoms with Gasteiger partial charge in [0.2, 0.25) is 5.69 Å². The number of nitrogens with zero attached hydrogens (tertiary/aromatic N) is 2. The van der Waals surface area contributed by atoms with Crippen LogP contribution in [-0.2, 0) is 18.9 Å². The molecule has 0 saturated heterocycles. The third kappa shape index (κ3) is 4.17. The molecule has 0 bridgehead atoms. The van der Waals surface area contributed by atoms with Crippen LogP contribution in [0.2, 0.25) is 0 Å².